The van der Waals surface area contributed by atoms with E-state index in [2.05, 4.69) is 9.47 Å². The average molecular weight is 823 g/mol. The zero-order valence-electron chi connectivity index (χ0n) is 25.4. The van der Waals surface area contributed by atoms with Crippen LogP contribution in [0.5, 0.6) is 0 Å². The van der Waals surface area contributed by atoms with Crippen molar-refractivity contribution < 1.29 is 115 Å². The molecule has 1 unspecified atom stereocenters. The summed E-state index contributed by atoms with van der Waals surface area (Å²) < 4.78 is 301. The summed E-state index contributed by atoms with van der Waals surface area (Å²) in [6, 6.07) is 0. The highest BCUT2D eigenvalue weighted by molar-refractivity contribution is 6.84. The van der Waals surface area contributed by atoms with E-state index in [9.17, 15) is 102 Å². The number of ether oxygens (including phenoxy) is 2. The van der Waals surface area contributed by atoms with Crippen LogP contribution in [0.4, 0.5) is 92.2 Å². The highest BCUT2D eigenvalue weighted by Crippen LogP contribution is 2.66. The zero-order valence-corrected chi connectivity index (χ0v) is 27.4. The molecule has 0 rings (SSSR count). The first-order valence-electron chi connectivity index (χ1n) is 12.6. The van der Waals surface area contributed by atoms with Crippen molar-refractivity contribution in [2.24, 2.45) is 0 Å². The van der Waals surface area contributed by atoms with Crippen molar-refractivity contribution in [1.82, 2.24) is 0 Å². The molecule has 0 radical (unpaired) electrons. The number of carbonyl (C=O) groups excluding carboxylic acids is 2. The van der Waals surface area contributed by atoms with Gasteiger partial charge in [-0.05, 0) is 39.7 Å². The van der Waals surface area contributed by atoms with E-state index in [1.807, 2.05) is 0 Å². The Kier molecular flexibility index (Phi) is 12.9. The lowest BCUT2D eigenvalue weighted by Gasteiger charge is -2.44. The van der Waals surface area contributed by atoms with Crippen LogP contribution in [0.2, 0.25) is 32.7 Å². The lowest BCUT2D eigenvalue weighted by Crippen LogP contribution is -2.77. The third kappa shape index (κ3) is 7.98. The number of hydrogen-bond acceptors (Lipinski definition) is 5. The molecule has 0 aliphatic carbocycles. The molecule has 50 heavy (non-hydrogen) atoms. The Bertz CT molecular complexity index is 1280. The van der Waals surface area contributed by atoms with Crippen LogP contribution in [0.1, 0.15) is 6.92 Å². The van der Waals surface area contributed by atoms with E-state index in [4.69, 9.17) is 4.12 Å². The number of hydrogen-bond donors (Lipinski definition) is 0. The summed E-state index contributed by atoms with van der Waals surface area (Å²) in [7, 11) is -5.08. The van der Waals surface area contributed by atoms with Gasteiger partial charge < -0.3 is 13.6 Å². The third-order valence-corrected chi connectivity index (χ3v) is 11.3. The van der Waals surface area contributed by atoms with Gasteiger partial charge >= 0.3 is 71.3 Å². The molecule has 0 aliphatic heterocycles. The normalized spacial score (nSPS) is 16.5. The van der Waals surface area contributed by atoms with Crippen LogP contribution in [0.3, 0.4) is 0 Å². The molecule has 0 aromatic rings. The van der Waals surface area contributed by atoms with Crippen LogP contribution in [0.25, 0.3) is 0 Å². The minimum absolute atomic E-state index is 0.248. The molecule has 1 atom stereocenters. The number of halogens is 21. The summed E-state index contributed by atoms with van der Waals surface area (Å²) in [6.07, 6.45) is -13.8. The molecular formula is C22H23F21O5Si2. The topological polar surface area (TPSA) is 61.8 Å². The molecule has 0 aromatic heterocycles. The molecule has 0 saturated carbocycles. The number of rotatable bonds is 17. The van der Waals surface area contributed by atoms with Gasteiger partial charge in [-0.2, -0.15) is 87.8 Å². The molecule has 0 saturated heterocycles. The van der Waals surface area contributed by atoms with Crippen molar-refractivity contribution in [3.63, 3.8) is 0 Å². The molecular weight excluding hydrogens is 799 g/mol. The van der Waals surface area contributed by atoms with Crippen LogP contribution in [-0.2, 0) is 23.2 Å². The van der Waals surface area contributed by atoms with Gasteiger partial charge in [-0.15, -0.1) is 0 Å². The summed E-state index contributed by atoms with van der Waals surface area (Å²) in [6.45, 7) is 7.20. The molecule has 0 amide bonds. The van der Waals surface area contributed by atoms with Gasteiger partial charge in [0, 0.05) is 12.2 Å². The fraction of sp³-hybridized carbons (Fsp3) is 0.818. The fourth-order valence-corrected chi connectivity index (χ4v) is 10.7. The fourth-order valence-electron chi connectivity index (χ4n) is 3.34. The second-order valence-corrected chi connectivity index (χ2v) is 20.5. The summed E-state index contributed by atoms with van der Waals surface area (Å²) >= 11 is 0. The maximum atomic E-state index is 14.0. The minimum Gasteiger partial charge on any atom is -0.463 e. The van der Waals surface area contributed by atoms with Gasteiger partial charge in [0.05, 0.1) is 0 Å². The molecule has 0 aliphatic rings. The minimum atomic E-state index is -9.31. The van der Waals surface area contributed by atoms with E-state index in [-0.39, 0.29) is 6.08 Å². The van der Waals surface area contributed by atoms with Gasteiger partial charge in [0.25, 0.3) is 0 Å². The second-order valence-electron chi connectivity index (χ2n) is 11.7. The molecule has 28 heteroatoms. The van der Waals surface area contributed by atoms with Gasteiger partial charge in [-0.3, -0.25) is 0 Å². The Labute approximate surface area is 268 Å². The lowest BCUT2D eigenvalue weighted by molar-refractivity contribution is -0.479. The molecule has 0 spiro atoms. The quantitative estimate of drug-likeness (QED) is 0.0636. The van der Waals surface area contributed by atoms with Gasteiger partial charge in [0.2, 0.25) is 8.32 Å². The summed E-state index contributed by atoms with van der Waals surface area (Å²) in [5.41, 5.74) is 0. The first-order chi connectivity index (χ1) is 21.4. The van der Waals surface area contributed by atoms with Crippen molar-refractivity contribution >= 4 is 28.6 Å². The van der Waals surface area contributed by atoms with Crippen molar-refractivity contribution in [3.05, 3.63) is 12.2 Å². The van der Waals surface area contributed by atoms with Gasteiger partial charge in [-0.1, -0.05) is 0 Å². The SMILES string of the molecule is CC(F)C(F)(F)C(F)(F)C(F)(F)C(F)(F)C(F)(F)C(F)(F)C(F)(F)C(F)(F)C(F)(F)C(F)(F)OC(=O)C=CC(=O)OC[Si](C)(C)O[Si](C)(C)C. The molecule has 0 fully saturated rings. The number of esters is 2. The molecule has 0 heterocycles. The van der Waals surface area contributed by atoms with E-state index in [1.54, 1.807) is 19.6 Å². The number of carbonyl (C=O) groups is 2. The summed E-state index contributed by atoms with van der Waals surface area (Å²) in [4.78, 5) is 23.1. The maximum absolute atomic E-state index is 14.0. The first-order valence-corrected chi connectivity index (χ1v) is 19.1. The lowest BCUT2D eigenvalue weighted by atomic mass is 9.85. The van der Waals surface area contributed by atoms with Crippen molar-refractivity contribution in [3.8, 4) is 0 Å². The van der Waals surface area contributed by atoms with Crippen LogP contribution in [0, 0.1) is 0 Å². The average Bonchev–Trinajstić information content (AvgIpc) is 2.87. The van der Waals surface area contributed by atoms with Gasteiger partial charge in [0.1, 0.15) is 6.23 Å². The van der Waals surface area contributed by atoms with E-state index in [1.165, 1.54) is 13.1 Å². The Morgan fingerprint density at radius 2 is 0.840 bits per heavy atom. The predicted molar refractivity (Wildman–Crippen MR) is 128 cm³/mol. The smallest absolute Gasteiger partial charge is 0.463 e. The van der Waals surface area contributed by atoms with Gasteiger partial charge in [0.15, 0.2) is 14.5 Å². The van der Waals surface area contributed by atoms with Crippen LogP contribution >= 0.6 is 0 Å². The van der Waals surface area contributed by atoms with E-state index < -0.39 is 113 Å². The van der Waals surface area contributed by atoms with Crippen LogP contribution < -0.4 is 0 Å². The Balaban J connectivity index is 6.57. The van der Waals surface area contributed by atoms with Crippen molar-refractivity contribution in [2.45, 2.75) is 105 Å². The Morgan fingerprint density at radius 1 is 0.540 bits per heavy atom. The standard InChI is InChI=1S/C22H23F21O5Si2/c1-10(23)13(24,25)14(26,27)15(28,29)16(30,31)17(32,33)18(34,35)19(36,37)20(38,39)21(40,41)22(42,43)47-12(45)8-7-11(44)46-9-50(5,6)48-49(2,3)4/h7-8,10H,9H2,1-6H3. The van der Waals surface area contributed by atoms with Crippen LogP contribution in [0.15, 0.2) is 12.2 Å². The van der Waals surface area contributed by atoms with E-state index >= 15 is 0 Å². The molecule has 0 aromatic carbocycles. The van der Waals surface area contributed by atoms with Gasteiger partial charge in [-0.25, -0.2) is 14.0 Å². The maximum Gasteiger partial charge on any atom is 0.473 e. The highest BCUT2D eigenvalue weighted by Gasteiger charge is 2.98. The predicted octanol–water partition coefficient (Wildman–Crippen LogP) is 8.89. The Morgan fingerprint density at radius 3 is 1.16 bits per heavy atom. The van der Waals surface area contributed by atoms with Crippen molar-refractivity contribution in [2.75, 3.05) is 6.23 Å². The largest absolute Gasteiger partial charge is 0.473 e. The second kappa shape index (κ2) is 13.5. The molecule has 296 valence electrons. The first kappa shape index (κ1) is 47.6. The molecule has 5 nitrogen and oxygen atoms in total. The highest BCUT2D eigenvalue weighted by atomic mass is 28.4. The monoisotopic (exact) mass is 822 g/mol. The van der Waals surface area contributed by atoms with Crippen molar-refractivity contribution in [1.29, 1.82) is 0 Å². The zero-order chi connectivity index (χ0) is 41.0. The van der Waals surface area contributed by atoms with Crippen LogP contribution in [-0.4, -0.2) is 100 Å². The van der Waals surface area contributed by atoms with E-state index in [0.29, 0.717) is 0 Å². The summed E-state index contributed by atoms with van der Waals surface area (Å²) in [5.74, 6) is -83.5. The molecule has 0 N–H and O–H groups in total. The van der Waals surface area contributed by atoms with E-state index in [0.717, 1.165) is 0 Å². The summed E-state index contributed by atoms with van der Waals surface area (Å²) in [5, 5.41) is 0. The Hall–Kier alpha value is -2.40. The molecule has 0 bridgehead atoms. The third-order valence-electron chi connectivity index (χ3n) is 5.77. The number of alkyl halides is 21.